The van der Waals surface area contributed by atoms with Gasteiger partial charge in [-0.1, -0.05) is 6.58 Å². The maximum atomic E-state index is 9.44. The summed E-state index contributed by atoms with van der Waals surface area (Å²) in [6, 6.07) is 10.6. The van der Waals surface area contributed by atoms with Crippen LogP contribution in [-0.2, 0) is 0 Å². The molecule has 0 saturated heterocycles. The van der Waals surface area contributed by atoms with Crippen molar-refractivity contribution in [1.29, 1.82) is 31.6 Å². The first kappa shape index (κ1) is 23.3. The molecule has 33 heavy (non-hydrogen) atoms. The third kappa shape index (κ3) is 4.63. The number of nitrogens with one attached hydrogen (secondary N) is 1. The largest absolute Gasteiger partial charge is 0.273 e. The highest BCUT2D eigenvalue weighted by atomic mass is 15.3. The molecule has 1 heterocycles. The molecule has 0 aliphatic rings. The van der Waals surface area contributed by atoms with Gasteiger partial charge in [-0.25, -0.2) is 20.0 Å². The second-order valence-corrected chi connectivity index (χ2v) is 6.01. The number of hydrazone groups is 1. The van der Waals surface area contributed by atoms with Gasteiger partial charge in [0.1, 0.15) is 65.2 Å². The van der Waals surface area contributed by atoms with Gasteiger partial charge in [0.15, 0.2) is 17.1 Å². The minimum atomic E-state index is -0.318. The topological polar surface area (TPSA) is 218 Å². The highest BCUT2D eigenvalue weighted by molar-refractivity contribution is 6.16. The number of rotatable bonds is 5. The summed E-state index contributed by atoms with van der Waals surface area (Å²) in [6.45, 7) is 6.45. The Bertz CT molecular complexity index is 1530. The molecular weight excluding hydrogens is 420 g/mol. The van der Waals surface area contributed by atoms with E-state index in [4.69, 9.17) is 10.5 Å². The number of hydrogen-bond acceptors (Lipinski definition) is 12. The van der Waals surface area contributed by atoms with Crippen LogP contribution in [0.25, 0.3) is 11.0 Å². The summed E-state index contributed by atoms with van der Waals surface area (Å²) in [7, 11) is 0. The molecule has 154 valence electrons. The van der Waals surface area contributed by atoms with Crippen LogP contribution in [0.5, 0.6) is 0 Å². The Labute approximate surface area is 187 Å². The van der Waals surface area contributed by atoms with E-state index in [9.17, 15) is 21.0 Å². The number of anilines is 1. The molecule has 0 unspecified atom stereocenters. The predicted molar refractivity (Wildman–Crippen MR) is 117 cm³/mol. The molecule has 0 aliphatic heterocycles. The van der Waals surface area contributed by atoms with Crippen LogP contribution in [0, 0.1) is 74.9 Å². The van der Waals surface area contributed by atoms with Crippen molar-refractivity contribution in [2.24, 2.45) is 15.1 Å². The molecule has 1 aromatic heterocycles. The lowest BCUT2D eigenvalue weighted by atomic mass is 10.1. The number of nitrogens with zero attached hydrogens (tertiary/aromatic N) is 11. The zero-order chi connectivity index (χ0) is 24.5. The quantitative estimate of drug-likeness (QED) is 0.418. The van der Waals surface area contributed by atoms with Crippen LogP contribution in [0.3, 0.4) is 0 Å². The number of fused-ring (bicyclic) bond motifs is 1. The Balaban J connectivity index is 3.23. The van der Waals surface area contributed by atoms with Gasteiger partial charge in [-0.2, -0.15) is 36.7 Å². The van der Waals surface area contributed by atoms with E-state index >= 15 is 0 Å². The third-order valence-electron chi connectivity index (χ3n) is 4.01. The Morgan fingerprint density at radius 3 is 2.06 bits per heavy atom. The van der Waals surface area contributed by atoms with E-state index in [0.29, 0.717) is 5.56 Å². The van der Waals surface area contributed by atoms with Gasteiger partial charge in [0.2, 0.25) is 0 Å². The van der Waals surface area contributed by atoms with Crippen LogP contribution in [0.2, 0.25) is 0 Å². The highest BCUT2D eigenvalue weighted by Crippen LogP contribution is 2.44. The molecule has 2 aromatic rings. The van der Waals surface area contributed by atoms with Crippen molar-refractivity contribution in [1.82, 2.24) is 9.97 Å². The van der Waals surface area contributed by atoms with Gasteiger partial charge in [-0.15, -0.1) is 0 Å². The second-order valence-electron chi connectivity index (χ2n) is 6.01. The number of hydrogen-bond donors (Lipinski definition) is 1. The van der Waals surface area contributed by atoms with Crippen molar-refractivity contribution in [2.45, 2.75) is 13.8 Å². The minimum Gasteiger partial charge on any atom is -0.273 e. The Morgan fingerprint density at radius 1 is 0.909 bits per heavy atom. The van der Waals surface area contributed by atoms with Crippen LogP contribution in [0.1, 0.15) is 23.9 Å². The first-order valence-electron chi connectivity index (χ1n) is 8.75. The molecule has 0 aliphatic carbocycles. The van der Waals surface area contributed by atoms with Crippen LogP contribution >= 0.6 is 0 Å². The molecule has 0 amide bonds. The molecule has 0 saturated carbocycles. The molecule has 1 N–H and O–H groups in total. The zero-order valence-electron chi connectivity index (χ0n) is 17.2. The average molecular weight is 430 g/mol. The SMILES string of the molecule is C=C(C#N)C(C#N)=Nc1c(NN=CC#N)c(N=C(C)C#N)c2nc(C#N)c(C#N)nc2c1C. The maximum Gasteiger partial charge on any atom is 0.177 e. The molecular formula is C21H10N12. The molecule has 0 spiro atoms. The molecule has 12 heteroatoms. The number of aromatic nitrogens is 2. The van der Waals surface area contributed by atoms with Crippen molar-refractivity contribution in [3.8, 4) is 36.4 Å². The molecule has 0 atom stereocenters. The number of nitriles is 6. The summed E-state index contributed by atoms with van der Waals surface area (Å²) < 4.78 is 0. The fourth-order valence-corrected chi connectivity index (χ4v) is 2.55. The average Bonchev–Trinajstić information content (AvgIpc) is 2.84. The van der Waals surface area contributed by atoms with E-state index < -0.39 is 0 Å². The first-order valence-corrected chi connectivity index (χ1v) is 8.75. The maximum absolute atomic E-state index is 9.44. The van der Waals surface area contributed by atoms with Crippen LogP contribution < -0.4 is 5.43 Å². The van der Waals surface area contributed by atoms with Gasteiger partial charge in [0, 0.05) is 5.56 Å². The summed E-state index contributed by atoms with van der Waals surface area (Å²) in [4.78, 5) is 16.8. The fourth-order valence-electron chi connectivity index (χ4n) is 2.55. The van der Waals surface area contributed by atoms with Crippen molar-refractivity contribution < 1.29 is 0 Å². The van der Waals surface area contributed by atoms with Crippen molar-refractivity contribution in [2.75, 3.05) is 5.43 Å². The van der Waals surface area contributed by atoms with Crippen molar-refractivity contribution >= 4 is 45.7 Å². The normalized spacial score (nSPS) is 10.9. The predicted octanol–water partition coefficient (Wildman–Crippen LogP) is 2.89. The lowest BCUT2D eigenvalue weighted by molar-refractivity contribution is 1.18. The summed E-state index contributed by atoms with van der Waals surface area (Å²) in [5, 5.41) is 59.1. The summed E-state index contributed by atoms with van der Waals surface area (Å²) >= 11 is 0. The van der Waals surface area contributed by atoms with Crippen molar-refractivity contribution in [3.63, 3.8) is 0 Å². The Morgan fingerprint density at radius 2 is 1.55 bits per heavy atom. The molecule has 0 bridgehead atoms. The standard InChI is InChI=1S/C21H10N12/c1-11(6-23)14(8-25)30-18-13(3)17-19(32-16(10-27)15(9-26)31-17)20(29-12(2)7-24)21(18)33-28-5-4-22/h5,33H,1H2,2-3H3. The van der Waals surface area contributed by atoms with Gasteiger partial charge in [-0.3, -0.25) is 5.43 Å². The van der Waals surface area contributed by atoms with Gasteiger partial charge < -0.3 is 0 Å². The number of aryl methyl sites for hydroxylation is 1. The van der Waals surface area contributed by atoms with Crippen molar-refractivity contribution in [3.05, 3.63) is 29.1 Å². The second kappa shape index (κ2) is 10.2. The summed E-state index contributed by atoms with van der Waals surface area (Å²) in [6.07, 6.45) is 0.877. The van der Waals surface area contributed by atoms with E-state index in [1.165, 1.54) is 6.92 Å². The number of benzene rings is 1. The van der Waals surface area contributed by atoms with E-state index in [1.54, 1.807) is 37.3 Å². The number of allylic oxidation sites excluding steroid dienone is 1. The molecule has 1 aromatic carbocycles. The minimum absolute atomic E-state index is 0.00555. The Kier molecular flexibility index (Phi) is 7.20. The molecule has 12 nitrogen and oxygen atoms in total. The number of aliphatic imine (C=N–C) groups is 2. The van der Waals surface area contributed by atoms with E-state index in [-0.39, 0.29) is 56.5 Å². The lowest BCUT2D eigenvalue weighted by Gasteiger charge is -2.15. The molecule has 0 radical (unpaired) electrons. The van der Waals surface area contributed by atoms with Gasteiger partial charge in [0.05, 0.1) is 16.8 Å². The first-order chi connectivity index (χ1) is 15.9. The monoisotopic (exact) mass is 430 g/mol. The zero-order valence-corrected chi connectivity index (χ0v) is 17.2. The van der Waals surface area contributed by atoms with E-state index in [1.807, 2.05) is 6.07 Å². The highest BCUT2D eigenvalue weighted by Gasteiger charge is 2.23. The molecule has 2 rings (SSSR count). The smallest absolute Gasteiger partial charge is 0.177 e. The third-order valence-corrected chi connectivity index (χ3v) is 4.01. The van der Waals surface area contributed by atoms with Crippen LogP contribution in [0.15, 0.2) is 27.2 Å². The lowest BCUT2D eigenvalue weighted by Crippen LogP contribution is -2.03. The van der Waals surface area contributed by atoms with E-state index in [0.717, 1.165) is 6.21 Å². The fraction of sp³-hybridized carbons (Fsp3) is 0.0952. The summed E-state index contributed by atoms with van der Waals surface area (Å²) in [5.74, 6) is 0. The van der Waals surface area contributed by atoms with Crippen LogP contribution in [-0.4, -0.2) is 27.6 Å². The van der Waals surface area contributed by atoms with Gasteiger partial charge in [-0.05, 0) is 13.8 Å². The summed E-state index contributed by atoms with van der Waals surface area (Å²) in [5.41, 5.74) is 1.99. The Hall–Kier alpha value is -5.95. The van der Waals surface area contributed by atoms with Gasteiger partial charge in [0.25, 0.3) is 0 Å². The van der Waals surface area contributed by atoms with Gasteiger partial charge >= 0.3 is 0 Å². The molecule has 0 fully saturated rings. The van der Waals surface area contributed by atoms with Crippen LogP contribution in [0.4, 0.5) is 17.1 Å². The van der Waals surface area contributed by atoms with E-state index in [2.05, 4.69) is 37.1 Å².